The van der Waals surface area contributed by atoms with Crippen molar-refractivity contribution < 1.29 is 0 Å². The second-order valence-corrected chi connectivity index (χ2v) is 6.19. The number of hydrogen-bond acceptors (Lipinski definition) is 4. The quantitative estimate of drug-likeness (QED) is 0.842. The summed E-state index contributed by atoms with van der Waals surface area (Å²) < 4.78 is 2.44. The van der Waals surface area contributed by atoms with E-state index >= 15 is 0 Å². The Hall–Kier alpha value is -2.03. The fraction of sp³-hybridized carbons (Fsp3) is 0.688. The largest absolute Gasteiger partial charge is 0.353 e. The fourth-order valence-corrected chi connectivity index (χ4v) is 3.56. The minimum Gasteiger partial charge on any atom is -0.353 e. The van der Waals surface area contributed by atoms with E-state index in [2.05, 4.69) is 18.7 Å². The highest BCUT2D eigenvalue weighted by molar-refractivity contribution is 5.55. The van der Waals surface area contributed by atoms with Crippen LogP contribution in [0.25, 0.3) is 0 Å². The predicted octanol–water partition coefficient (Wildman–Crippen LogP) is 1.36. The number of rotatable bonds is 4. The molecule has 1 aromatic heterocycles. The van der Waals surface area contributed by atoms with Gasteiger partial charge in [-0.15, -0.1) is 0 Å². The molecule has 2 atom stereocenters. The van der Waals surface area contributed by atoms with Gasteiger partial charge in [0.2, 0.25) is 0 Å². The molecule has 1 aromatic rings. The average Bonchev–Trinajstić information content (AvgIpc) is 2.98. The molecule has 0 spiro atoms. The first-order valence-electron chi connectivity index (χ1n) is 7.90. The number of nitriles is 1. The third-order valence-corrected chi connectivity index (χ3v) is 4.72. The molecule has 2 unspecified atom stereocenters. The molecule has 0 saturated carbocycles. The van der Waals surface area contributed by atoms with Crippen LogP contribution in [0, 0.1) is 17.2 Å². The van der Waals surface area contributed by atoms with E-state index in [0.29, 0.717) is 11.7 Å². The van der Waals surface area contributed by atoms with Crippen molar-refractivity contribution in [1.82, 2.24) is 9.13 Å². The Balaban J connectivity index is 2.59. The third-order valence-electron chi connectivity index (χ3n) is 4.72. The molecule has 6 nitrogen and oxygen atoms in total. The van der Waals surface area contributed by atoms with Gasteiger partial charge in [-0.2, -0.15) is 5.26 Å². The maximum absolute atomic E-state index is 12.3. The lowest BCUT2D eigenvalue weighted by molar-refractivity contribution is 0.416. The van der Waals surface area contributed by atoms with Gasteiger partial charge in [-0.25, -0.2) is 4.79 Å². The molecular weight excluding hydrogens is 280 g/mol. The maximum Gasteiger partial charge on any atom is 0.332 e. The Kier molecular flexibility index (Phi) is 4.74. The summed E-state index contributed by atoms with van der Waals surface area (Å²) in [7, 11) is 3.05. The number of nitrogens with zero attached hydrogens (tertiary/aromatic N) is 4. The first kappa shape index (κ1) is 16.3. The summed E-state index contributed by atoms with van der Waals surface area (Å²) in [5.41, 5.74) is -0.817. The van der Waals surface area contributed by atoms with Crippen LogP contribution in [0.3, 0.4) is 0 Å². The summed E-state index contributed by atoms with van der Waals surface area (Å²) in [6.45, 7) is 5.15. The van der Waals surface area contributed by atoms with Crippen LogP contribution in [-0.2, 0) is 14.1 Å². The van der Waals surface area contributed by atoms with E-state index in [1.807, 2.05) is 6.07 Å². The van der Waals surface area contributed by atoms with Crippen molar-refractivity contribution in [3.05, 3.63) is 26.4 Å². The van der Waals surface area contributed by atoms with Crippen LogP contribution < -0.4 is 16.1 Å². The van der Waals surface area contributed by atoms with Crippen molar-refractivity contribution in [3.63, 3.8) is 0 Å². The Labute approximate surface area is 130 Å². The molecule has 0 N–H and O–H groups in total. The normalized spacial score (nSPS) is 19.2. The zero-order chi connectivity index (χ0) is 16.4. The maximum atomic E-state index is 12.3. The minimum absolute atomic E-state index is 0.0696. The Morgan fingerprint density at radius 3 is 2.59 bits per heavy atom. The molecule has 0 bridgehead atoms. The lowest BCUT2D eigenvalue weighted by Gasteiger charge is -2.32. The highest BCUT2D eigenvalue weighted by atomic mass is 16.2. The van der Waals surface area contributed by atoms with Crippen LogP contribution in [0.15, 0.2) is 9.59 Å². The van der Waals surface area contributed by atoms with Crippen molar-refractivity contribution in [2.24, 2.45) is 20.0 Å². The molecule has 2 heterocycles. The molecule has 0 aromatic carbocycles. The van der Waals surface area contributed by atoms with E-state index in [-0.39, 0.29) is 17.3 Å². The first-order chi connectivity index (χ1) is 10.4. The van der Waals surface area contributed by atoms with Gasteiger partial charge in [0.25, 0.3) is 5.56 Å². The Morgan fingerprint density at radius 2 is 2.00 bits per heavy atom. The molecular formula is C16H24N4O2. The van der Waals surface area contributed by atoms with Gasteiger partial charge in [0.15, 0.2) is 5.56 Å². The van der Waals surface area contributed by atoms with E-state index in [0.717, 1.165) is 36.8 Å². The van der Waals surface area contributed by atoms with Crippen LogP contribution in [0.4, 0.5) is 5.82 Å². The average molecular weight is 304 g/mol. The van der Waals surface area contributed by atoms with Crippen LogP contribution in [0.2, 0.25) is 0 Å². The van der Waals surface area contributed by atoms with E-state index in [9.17, 15) is 14.9 Å². The van der Waals surface area contributed by atoms with Crippen molar-refractivity contribution in [2.45, 2.75) is 45.6 Å². The molecule has 120 valence electrons. The van der Waals surface area contributed by atoms with Crippen molar-refractivity contribution in [1.29, 1.82) is 5.26 Å². The van der Waals surface area contributed by atoms with E-state index < -0.39 is 5.56 Å². The van der Waals surface area contributed by atoms with Gasteiger partial charge < -0.3 is 4.90 Å². The van der Waals surface area contributed by atoms with Gasteiger partial charge in [0, 0.05) is 26.7 Å². The molecule has 1 fully saturated rings. The number of anilines is 1. The first-order valence-corrected chi connectivity index (χ1v) is 7.90. The standard InChI is InChI=1S/C16H24N4O2/c1-5-7-11(2)13-8-6-9-20(13)14-12(10-17)15(21)19(4)16(22)18(14)3/h11,13H,5-9H2,1-4H3. The Bertz CT molecular complexity index is 711. The molecule has 1 aliphatic heterocycles. The summed E-state index contributed by atoms with van der Waals surface area (Å²) in [6.07, 6.45) is 4.26. The lowest BCUT2D eigenvalue weighted by atomic mass is 9.95. The Morgan fingerprint density at radius 1 is 1.32 bits per heavy atom. The smallest absolute Gasteiger partial charge is 0.332 e. The van der Waals surface area contributed by atoms with Gasteiger partial charge in [-0.3, -0.25) is 13.9 Å². The highest BCUT2D eigenvalue weighted by Crippen LogP contribution is 2.31. The number of aromatic nitrogens is 2. The molecule has 0 radical (unpaired) electrons. The van der Waals surface area contributed by atoms with Crippen molar-refractivity contribution in [3.8, 4) is 6.07 Å². The predicted molar refractivity (Wildman–Crippen MR) is 86.1 cm³/mol. The zero-order valence-corrected chi connectivity index (χ0v) is 13.8. The molecule has 1 aliphatic rings. The monoisotopic (exact) mass is 304 g/mol. The fourth-order valence-electron chi connectivity index (χ4n) is 3.56. The van der Waals surface area contributed by atoms with Gasteiger partial charge >= 0.3 is 5.69 Å². The molecule has 0 aliphatic carbocycles. The SMILES string of the molecule is CCCC(C)C1CCCN1c1c(C#N)c(=O)n(C)c(=O)n1C. The second kappa shape index (κ2) is 6.39. The topological polar surface area (TPSA) is 71.0 Å². The van der Waals surface area contributed by atoms with Gasteiger partial charge in [-0.05, 0) is 25.2 Å². The van der Waals surface area contributed by atoms with Crippen molar-refractivity contribution in [2.75, 3.05) is 11.4 Å². The molecule has 0 amide bonds. The molecule has 22 heavy (non-hydrogen) atoms. The van der Waals surface area contributed by atoms with Crippen LogP contribution in [-0.4, -0.2) is 21.7 Å². The van der Waals surface area contributed by atoms with Crippen molar-refractivity contribution >= 4 is 5.82 Å². The van der Waals surface area contributed by atoms with Crippen LogP contribution in [0.1, 0.15) is 45.1 Å². The molecule has 6 heteroatoms. The summed E-state index contributed by atoms with van der Waals surface area (Å²) >= 11 is 0. The van der Waals surface area contributed by atoms with E-state index in [1.54, 1.807) is 7.05 Å². The number of hydrogen-bond donors (Lipinski definition) is 0. The van der Waals surface area contributed by atoms with Crippen LogP contribution >= 0.6 is 0 Å². The van der Waals surface area contributed by atoms with Gasteiger partial charge in [0.05, 0.1) is 0 Å². The summed E-state index contributed by atoms with van der Waals surface area (Å²) in [4.78, 5) is 26.6. The van der Waals surface area contributed by atoms with Crippen LogP contribution in [0.5, 0.6) is 0 Å². The minimum atomic E-state index is -0.505. The summed E-state index contributed by atoms with van der Waals surface area (Å²) in [5, 5.41) is 9.42. The van der Waals surface area contributed by atoms with Gasteiger partial charge in [-0.1, -0.05) is 20.3 Å². The third kappa shape index (κ3) is 2.56. The van der Waals surface area contributed by atoms with E-state index in [1.165, 1.54) is 11.6 Å². The lowest BCUT2D eigenvalue weighted by Crippen LogP contribution is -2.45. The second-order valence-electron chi connectivity index (χ2n) is 6.19. The van der Waals surface area contributed by atoms with Gasteiger partial charge in [0.1, 0.15) is 11.9 Å². The molecule has 2 rings (SSSR count). The zero-order valence-electron chi connectivity index (χ0n) is 13.8. The van der Waals surface area contributed by atoms with E-state index in [4.69, 9.17) is 0 Å². The molecule has 1 saturated heterocycles. The summed E-state index contributed by atoms with van der Waals surface area (Å²) in [6, 6.07) is 2.29. The highest BCUT2D eigenvalue weighted by Gasteiger charge is 2.33. The summed E-state index contributed by atoms with van der Waals surface area (Å²) in [5.74, 6) is 0.958.